The lowest BCUT2D eigenvalue weighted by atomic mass is 10.2. The predicted molar refractivity (Wildman–Crippen MR) is 69.7 cm³/mol. The van der Waals surface area contributed by atoms with E-state index >= 15 is 0 Å². The van der Waals surface area contributed by atoms with E-state index in [-0.39, 0.29) is 12.4 Å². The van der Waals surface area contributed by atoms with Gasteiger partial charge in [-0.1, -0.05) is 0 Å². The van der Waals surface area contributed by atoms with Crippen LogP contribution in [0.1, 0.15) is 10.4 Å². The molecule has 1 heterocycles. The van der Waals surface area contributed by atoms with E-state index in [9.17, 15) is 26.7 Å². The van der Waals surface area contributed by atoms with E-state index in [1.165, 1.54) is 6.07 Å². The second-order valence-electron chi connectivity index (χ2n) is 3.65. The van der Waals surface area contributed by atoms with Crippen molar-refractivity contribution in [2.24, 2.45) is 5.73 Å². The average molecular weight is 352 g/mol. The van der Waals surface area contributed by atoms with Crippen molar-refractivity contribution in [3.8, 4) is 0 Å². The number of nitrogens with one attached hydrogen (secondary N) is 1. The first-order valence-electron chi connectivity index (χ1n) is 5.21. The van der Waals surface area contributed by atoms with Crippen LogP contribution in [0.5, 0.6) is 0 Å². The summed E-state index contributed by atoms with van der Waals surface area (Å²) in [6.45, 7) is -2.04. The van der Waals surface area contributed by atoms with Crippen LogP contribution in [-0.2, 0) is 0 Å². The second kappa shape index (κ2) is 7.76. The van der Waals surface area contributed by atoms with Crippen LogP contribution in [0.4, 0.5) is 22.0 Å². The monoisotopic (exact) mass is 351 g/mol. The molecule has 4 nitrogen and oxygen atoms in total. The summed E-state index contributed by atoms with van der Waals surface area (Å²) in [5.74, 6) is -4.40. The Labute approximate surface area is 127 Å². The molecular weight excluding hydrogens is 341 g/mol. The quantitative estimate of drug-likeness (QED) is 0.631. The van der Waals surface area contributed by atoms with Gasteiger partial charge >= 0.3 is 5.51 Å². The Bertz CT molecular complexity index is 486. The van der Waals surface area contributed by atoms with Crippen molar-refractivity contribution in [2.75, 3.05) is 13.1 Å². The Morgan fingerprint density at radius 1 is 1.33 bits per heavy atom. The number of thioether (sulfide) groups is 1. The topological polar surface area (TPSA) is 68.0 Å². The van der Waals surface area contributed by atoms with Gasteiger partial charge in [-0.2, -0.15) is 13.2 Å². The summed E-state index contributed by atoms with van der Waals surface area (Å²) in [5, 5.41) is 1.22. The van der Waals surface area contributed by atoms with E-state index in [1.807, 2.05) is 5.32 Å². The molecule has 0 bridgehead atoms. The van der Waals surface area contributed by atoms with Crippen molar-refractivity contribution in [3.63, 3.8) is 0 Å². The molecule has 0 aromatic carbocycles. The van der Waals surface area contributed by atoms with Crippen LogP contribution >= 0.6 is 24.2 Å². The van der Waals surface area contributed by atoms with E-state index in [1.54, 1.807) is 0 Å². The molecule has 1 rings (SSSR count). The predicted octanol–water partition coefficient (Wildman–Crippen LogP) is 2.44. The zero-order valence-corrected chi connectivity index (χ0v) is 11.9. The number of pyridine rings is 1. The van der Waals surface area contributed by atoms with Crippen LogP contribution in [0.2, 0.25) is 0 Å². The van der Waals surface area contributed by atoms with Crippen molar-refractivity contribution in [3.05, 3.63) is 23.9 Å². The van der Waals surface area contributed by atoms with E-state index < -0.39 is 52.8 Å². The fourth-order valence-corrected chi connectivity index (χ4v) is 1.74. The van der Waals surface area contributed by atoms with Crippen LogP contribution in [0.3, 0.4) is 0 Å². The van der Waals surface area contributed by atoms with Crippen molar-refractivity contribution in [2.45, 2.75) is 16.5 Å². The zero-order valence-electron chi connectivity index (χ0n) is 10.3. The number of nitrogens with zero attached hydrogens (tertiary/aromatic N) is 1. The number of nitrogens with two attached hydrogens (primary N) is 1. The molecule has 0 saturated heterocycles. The van der Waals surface area contributed by atoms with E-state index in [2.05, 4.69) is 4.98 Å². The molecule has 0 fully saturated rings. The highest BCUT2D eigenvalue weighted by atomic mass is 35.5. The lowest BCUT2D eigenvalue weighted by Crippen LogP contribution is -2.41. The number of hydrogen-bond donors (Lipinski definition) is 2. The van der Waals surface area contributed by atoms with Crippen molar-refractivity contribution >= 4 is 30.1 Å². The first-order chi connectivity index (χ1) is 9.14. The van der Waals surface area contributed by atoms with Gasteiger partial charge in [-0.3, -0.25) is 4.79 Å². The van der Waals surface area contributed by atoms with Gasteiger partial charge in [-0.25, -0.2) is 13.8 Å². The Hall–Kier alpha value is -1.13. The highest BCUT2D eigenvalue weighted by Crippen LogP contribution is 2.37. The number of aromatic nitrogens is 1. The Kier molecular flexibility index (Phi) is 7.34. The third-order valence-corrected chi connectivity index (χ3v) is 2.78. The summed E-state index contributed by atoms with van der Waals surface area (Å²) >= 11 is -0.589. The maximum Gasteiger partial charge on any atom is 0.447 e. The molecule has 0 unspecified atom stereocenters. The van der Waals surface area contributed by atoms with E-state index in [0.29, 0.717) is 0 Å². The Morgan fingerprint density at radius 2 is 1.95 bits per heavy atom. The summed E-state index contributed by atoms with van der Waals surface area (Å²) in [6, 6.07) is 2.30. The van der Waals surface area contributed by atoms with Gasteiger partial charge in [0.15, 0.2) is 0 Å². The highest BCUT2D eigenvalue weighted by molar-refractivity contribution is 8.00. The normalized spacial score (nSPS) is 11.7. The number of halogens is 6. The van der Waals surface area contributed by atoms with Gasteiger partial charge in [0.25, 0.3) is 11.8 Å². The largest absolute Gasteiger partial charge is 0.447 e. The van der Waals surface area contributed by atoms with Gasteiger partial charge in [0, 0.05) is 18.0 Å². The molecule has 120 valence electrons. The molecule has 1 aromatic heterocycles. The number of amides is 1. The Balaban J connectivity index is 0.00000400. The lowest BCUT2D eigenvalue weighted by Gasteiger charge is -2.15. The molecule has 3 N–H and O–H groups in total. The van der Waals surface area contributed by atoms with E-state index in [0.717, 1.165) is 12.3 Å². The lowest BCUT2D eigenvalue weighted by molar-refractivity contribution is -0.0329. The first-order valence-corrected chi connectivity index (χ1v) is 6.03. The van der Waals surface area contributed by atoms with Gasteiger partial charge < -0.3 is 11.1 Å². The van der Waals surface area contributed by atoms with Gasteiger partial charge in [-0.05, 0) is 12.1 Å². The summed E-state index contributed by atoms with van der Waals surface area (Å²) in [7, 11) is 0. The van der Waals surface area contributed by atoms with Gasteiger partial charge in [0.2, 0.25) is 0 Å². The van der Waals surface area contributed by atoms with Crippen molar-refractivity contribution in [1.82, 2.24) is 10.3 Å². The molecule has 0 aliphatic rings. The number of hydrogen-bond acceptors (Lipinski definition) is 4. The summed E-state index contributed by atoms with van der Waals surface area (Å²) in [6.07, 6.45) is 1.07. The molecular formula is C10H11ClF5N3OS. The molecule has 0 aliphatic carbocycles. The number of carbonyl (C=O) groups excluding carboxylic acids is 1. The van der Waals surface area contributed by atoms with Crippen molar-refractivity contribution < 1.29 is 26.7 Å². The van der Waals surface area contributed by atoms with Crippen LogP contribution in [0.25, 0.3) is 0 Å². The van der Waals surface area contributed by atoms with Gasteiger partial charge in [-0.15, -0.1) is 12.4 Å². The molecule has 0 aliphatic heterocycles. The van der Waals surface area contributed by atoms with E-state index in [4.69, 9.17) is 5.73 Å². The van der Waals surface area contributed by atoms with Crippen molar-refractivity contribution in [1.29, 1.82) is 0 Å². The molecule has 0 spiro atoms. The fourth-order valence-electron chi connectivity index (χ4n) is 1.13. The first kappa shape index (κ1) is 19.9. The average Bonchev–Trinajstić information content (AvgIpc) is 2.35. The smallest absolute Gasteiger partial charge is 0.346 e. The zero-order chi connectivity index (χ0) is 15.4. The maximum atomic E-state index is 12.9. The fraction of sp³-hybridized carbons (Fsp3) is 0.400. The maximum absolute atomic E-state index is 12.9. The molecule has 0 radical (unpaired) electrons. The Morgan fingerprint density at radius 3 is 2.48 bits per heavy atom. The number of alkyl halides is 5. The standard InChI is InChI=1S/C10H10F5N3OS.ClH/c11-9(12,4-16)5-18-7(19)6-2-1-3-17-8(6)20-10(13,14)15;/h1-3H,4-5,16H2,(H,18,19);1H. The molecule has 11 heteroatoms. The molecule has 1 aromatic rings. The third kappa shape index (κ3) is 6.91. The molecule has 0 atom stereocenters. The number of rotatable bonds is 5. The molecule has 0 saturated carbocycles. The van der Waals surface area contributed by atoms with Crippen LogP contribution in [-0.4, -0.2) is 35.4 Å². The minimum Gasteiger partial charge on any atom is -0.346 e. The minimum atomic E-state index is -4.63. The van der Waals surface area contributed by atoms with Gasteiger partial charge in [0.05, 0.1) is 18.7 Å². The third-order valence-electron chi connectivity index (χ3n) is 2.03. The van der Waals surface area contributed by atoms with Crippen LogP contribution < -0.4 is 11.1 Å². The highest BCUT2D eigenvalue weighted by Gasteiger charge is 2.33. The summed E-state index contributed by atoms with van der Waals surface area (Å²) < 4.78 is 62.5. The SMILES string of the molecule is Cl.NCC(F)(F)CNC(=O)c1cccnc1SC(F)(F)F. The number of carbonyl (C=O) groups is 1. The minimum absolute atomic E-state index is 0. The summed E-state index contributed by atoms with van der Waals surface area (Å²) in [5.41, 5.74) is -0.285. The van der Waals surface area contributed by atoms with Crippen LogP contribution in [0.15, 0.2) is 23.4 Å². The summed E-state index contributed by atoms with van der Waals surface area (Å²) in [4.78, 5) is 15.0. The van der Waals surface area contributed by atoms with Crippen LogP contribution in [0, 0.1) is 0 Å². The van der Waals surface area contributed by atoms with Gasteiger partial charge in [0.1, 0.15) is 5.03 Å². The molecule has 1 amide bonds. The second-order valence-corrected chi connectivity index (χ2v) is 4.70. The molecule has 21 heavy (non-hydrogen) atoms.